The van der Waals surface area contributed by atoms with Crippen LogP contribution < -0.4 is 5.32 Å². The Kier molecular flexibility index (Phi) is 5.33. The second-order valence-corrected chi connectivity index (χ2v) is 9.23. The normalized spacial score (nSPS) is 17.9. The number of rotatable bonds is 5. The first-order valence-electron chi connectivity index (χ1n) is 9.56. The molecular weight excluding hydrogens is 388 g/mol. The summed E-state index contributed by atoms with van der Waals surface area (Å²) in [6.07, 6.45) is 6.46. The summed E-state index contributed by atoms with van der Waals surface area (Å²) in [5.74, 6) is 0.790. The second-order valence-electron chi connectivity index (χ2n) is 7.34. The Morgan fingerprint density at radius 3 is 2.79 bits per heavy atom. The number of piperidine rings is 1. The molecule has 0 amide bonds. The van der Waals surface area contributed by atoms with E-state index in [9.17, 15) is 8.42 Å². The maximum atomic E-state index is 13.0. The Morgan fingerprint density at radius 2 is 2.07 bits per heavy atom. The van der Waals surface area contributed by atoms with Gasteiger partial charge in [0.1, 0.15) is 5.82 Å². The number of hydrogen-bond acceptors (Lipinski definition) is 6. The van der Waals surface area contributed by atoms with Gasteiger partial charge in [-0.05, 0) is 44.0 Å². The number of imidazole rings is 1. The standard InChI is InChI=1S/C20H24N6O2S/c1-15-10-17(24-19-7-3-4-8-21-19)11-18(23-15)16-6-5-9-26(12-16)29(27,28)20-13-25(2)14-22-20/h3-4,7-8,10-11,13-14,16H,5-6,9,12H2,1-2H3,(H,21,23,24)/t16-/m0/s1. The monoisotopic (exact) mass is 412 g/mol. The molecule has 0 bridgehead atoms. The van der Waals surface area contributed by atoms with E-state index in [4.69, 9.17) is 4.98 Å². The molecule has 0 radical (unpaired) electrons. The van der Waals surface area contributed by atoms with Crippen molar-refractivity contribution in [3.8, 4) is 0 Å². The summed E-state index contributed by atoms with van der Waals surface area (Å²) in [7, 11) is -1.84. The maximum Gasteiger partial charge on any atom is 0.262 e. The highest BCUT2D eigenvalue weighted by Gasteiger charge is 2.33. The first-order chi connectivity index (χ1) is 13.9. The van der Waals surface area contributed by atoms with E-state index in [1.165, 1.54) is 10.6 Å². The van der Waals surface area contributed by atoms with Crippen molar-refractivity contribution in [3.63, 3.8) is 0 Å². The zero-order valence-corrected chi connectivity index (χ0v) is 17.3. The van der Waals surface area contributed by atoms with Crippen LogP contribution in [-0.2, 0) is 17.1 Å². The lowest BCUT2D eigenvalue weighted by atomic mass is 9.95. The lowest BCUT2D eigenvalue weighted by Gasteiger charge is -2.31. The second kappa shape index (κ2) is 7.92. The molecule has 1 atom stereocenters. The third kappa shape index (κ3) is 4.30. The summed E-state index contributed by atoms with van der Waals surface area (Å²) in [6.45, 7) is 2.84. The fourth-order valence-corrected chi connectivity index (χ4v) is 5.11. The van der Waals surface area contributed by atoms with Crippen LogP contribution in [0.2, 0.25) is 0 Å². The SMILES string of the molecule is Cc1cc(Nc2ccccn2)cc([C@H]2CCCN(S(=O)(=O)c3cn(C)cn3)C2)n1. The first kappa shape index (κ1) is 19.5. The highest BCUT2D eigenvalue weighted by Crippen LogP contribution is 2.31. The summed E-state index contributed by atoms with van der Waals surface area (Å²) in [5.41, 5.74) is 2.67. The van der Waals surface area contributed by atoms with Crippen molar-refractivity contribution in [2.24, 2.45) is 7.05 Å². The van der Waals surface area contributed by atoms with E-state index >= 15 is 0 Å². The topological polar surface area (TPSA) is 93.0 Å². The molecule has 4 heterocycles. The smallest absolute Gasteiger partial charge is 0.262 e. The van der Waals surface area contributed by atoms with E-state index in [-0.39, 0.29) is 10.9 Å². The lowest BCUT2D eigenvalue weighted by Crippen LogP contribution is -2.39. The van der Waals surface area contributed by atoms with Gasteiger partial charge in [0.25, 0.3) is 10.0 Å². The highest BCUT2D eigenvalue weighted by molar-refractivity contribution is 7.89. The third-order valence-corrected chi connectivity index (χ3v) is 6.75. The van der Waals surface area contributed by atoms with Crippen LogP contribution >= 0.6 is 0 Å². The Hall–Kier alpha value is -2.78. The molecule has 3 aromatic rings. The molecule has 0 aromatic carbocycles. The quantitative estimate of drug-likeness (QED) is 0.693. The Balaban J connectivity index is 1.57. The largest absolute Gasteiger partial charge is 0.340 e. The number of nitrogens with one attached hydrogen (secondary N) is 1. The minimum atomic E-state index is -3.60. The van der Waals surface area contributed by atoms with Crippen molar-refractivity contribution in [1.82, 2.24) is 23.8 Å². The maximum absolute atomic E-state index is 13.0. The third-order valence-electron chi connectivity index (χ3n) is 5.00. The van der Waals surface area contributed by atoms with Crippen LogP contribution in [0.1, 0.15) is 30.1 Å². The molecule has 8 nitrogen and oxygen atoms in total. The summed E-state index contributed by atoms with van der Waals surface area (Å²) >= 11 is 0. The van der Waals surface area contributed by atoms with Crippen LogP contribution in [0.15, 0.2) is 54.1 Å². The van der Waals surface area contributed by atoms with Gasteiger partial charge in [-0.15, -0.1) is 0 Å². The predicted molar refractivity (Wildman–Crippen MR) is 110 cm³/mol. The van der Waals surface area contributed by atoms with Crippen molar-refractivity contribution < 1.29 is 8.42 Å². The van der Waals surface area contributed by atoms with Gasteiger partial charge in [-0.1, -0.05) is 6.07 Å². The Labute approximate surface area is 170 Å². The van der Waals surface area contributed by atoms with Gasteiger partial charge in [0.15, 0.2) is 5.03 Å². The molecule has 0 spiro atoms. The Morgan fingerprint density at radius 1 is 1.21 bits per heavy atom. The molecule has 1 N–H and O–H groups in total. The van der Waals surface area contributed by atoms with Crippen LogP contribution in [0.5, 0.6) is 0 Å². The van der Waals surface area contributed by atoms with E-state index in [0.717, 1.165) is 35.7 Å². The minimum Gasteiger partial charge on any atom is -0.340 e. The molecule has 1 fully saturated rings. The predicted octanol–water partition coefficient (Wildman–Crippen LogP) is 2.83. The van der Waals surface area contributed by atoms with E-state index in [2.05, 4.69) is 15.3 Å². The molecule has 3 aromatic heterocycles. The minimum absolute atomic E-state index is 0.0337. The van der Waals surface area contributed by atoms with Gasteiger partial charge in [-0.3, -0.25) is 4.98 Å². The number of aromatic nitrogens is 4. The highest BCUT2D eigenvalue weighted by atomic mass is 32.2. The average molecular weight is 413 g/mol. The number of sulfonamides is 1. The number of anilines is 2. The number of hydrogen-bond donors (Lipinski definition) is 1. The van der Waals surface area contributed by atoms with Gasteiger partial charge in [0.2, 0.25) is 0 Å². The summed E-state index contributed by atoms with van der Waals surface area (Å²) in [4.78, 5) is 13.0. The summed E-state index contributed by atoms with van der Waals surface area (Å²) < 4.78 is 29.1. The van der Waals surface area contributed by atoms with Crippen LogP contribution in [-0.4, -0.2) is 45.3 Å². The van der Waals surface area contributed by atoms with Crippen molar-refractivity contribution in [2.45, 2.75) is 30.7 Å². The van der Waals surface area contributed by atoms with Crippen molar-refractivity contribution in [2.75, 3.05) is 18.4 Å². The van der Waals surface area contributed by atoms with Gasteiger partial charge >= 0.3 is 0 Å². The van der Waals surface area contributed by atoms with Gasteiger partial charge in [-0.25, -0.2) is 18.4 Å². The van der Waals surface area contributed by atoms with Crippen molar-refractivity contribution in [3.05, 3.63) is 60.4 Å². The van der Waals surface area contributed by atoms with E-state index in [1.54, 1.807) is 24.0 Å². The summed E-state index contributed by atoms with van der Waals surface area (Å²) in [6, 6.07) is 9.64. The molecule has 0 unspecified atom stereocenters. The van der Waals surface area contributed by atoms with E-state index < -0.39 is 10.0 Å². The molecule has 29 heavy (non-hydrogen) atoms. The zero-order valence-electron chi connectivity index (χ0n) is 16.5. The van der Waals surface area contributed by atoms with Crippen LogP contribution in [0.25, 0.3) is 0 Å². The molecule has 152 valence electrons. The lowest BCUT2D eigenvalue weighted by molar-refractivity contribution is 0.312. The van der Waals surface area contributed by atoms with E-state index in [1.807, 2.05) is 37.3 Å². The van der Waals surface area contributed by atoms with Gasteiger partial charge in [-0.2, -0.15) is 4.31 Å². The molecule has 0 saturated carbocycles. The molecule has 4 rings (SSSR count). The average Bonchev–Trinajstić information content (AvgIpc) is 3.16. The van der Waals surface area contributed by atoms with Gasteiger partial charge in [0, 0.05) is 55.5 Å². The van der Waals surface area contributed by atoms with Crippen LogP contribution in [0.4, 0.5) is 11.5 Å². The zero-order chi connectivity index (χ0) is 20.4. The van der Waals surface area contributed by atoms with Gasteiger partial charge < -0.3 is 9.88 Å². The summed E-state index contributed by atoms with van der Waals surface area (Å²) in [5, 5.41) is 3.39. The van der Waals surface area contributed by atoms with Gasteiger partial charge in [0.05, 0.1) is 6.33 Å². The Bertz CT molecular complexity index is 1100. The molecule has 0 aliphatic carbocycles. The molecule has 1 saturated heterocycles. The van der Waals surface area contributed by atoms with Crippen LogP contribution in [0, 0.1) is 6.92 Å². The number of pyridine rings is 2. The van der Waals surface area contributed by atoms with Crippen molar-refractivity contribution >= 4 is 21.5 Å². The first-order valence-corrected chi connectivity index (χ1v) is 11.0. The molecule has 9 heteroatoms. The number of nitrogens with zero attached hydrogens (tertiary/aromatic N) is 5. The molecular formula is C20H24N6O2S. The molecule has 1 aliphatic heterocycles. The molecule has 1 aliphatic rings. The van der Waals surface area contributed by atoms with Crippen molar-refractivity contribution in [1.29, 1.82) is 0 Å². The van der Waals surface area contributed by atoms with E-state index in [0.29, 0.717) is 13.1 Å². The fourth-order valence-electron chi connectivity index (χ4n) is 3.62. The van der Waals surface area contributed by atoms with Crippen LogP contribution in [0.3, 0.4) is 0 Å². The number of aryl methyl sites for hydroxylation is 2. The fraction of sp³-hybridized carbons (Fsp3) is 0.350.